The van der Waals surface area contributed by atoms with Crippen LogP contribution in [0, 0.1) is 5.92 Å². The smallest absolute Gasteiger partial charge is 0.147 e. The molecule has 1 N–H and O–H groups in total. The van der Waals surface area contributed by atoms with E-state index in [1.54, 1.807) is 0 Å². The van der Waals surface area contributed by atoms with Crippen molar-refractivity contribution in [3.05, 3.63) is 0 Å². The third-order valence-corrected chi connectivity index (χ3v) is 8.09. The summed E-state index contributed by atoms with van der Waals surface area (Å²) < 4.78 is 2.66. The number of hydrogen-bond acceptors (Lipinski definition) is 2. The maximum absolute atomic E-state index is 3.87. The molecule has 0 aliphatic carbocycles. The van der Waals surface area contributed by atoms with Crippen molar-refractivity contribution in [1.29, 1.82) is 0 Å². The molecule has 0 aliphatic rings. The van der Waals surface area contributed by atoms with Gasteiger partial charge in [0.05, 0.1) is 13.3 Å². The van der Waals surface area contributed by atoms with Gasteiger partial charge in [0.25, 0.3) is 0 Å². The molecule has 0 fully saturated rings. The van der Waals surface area contributed by atoms with Crippen molar-refractivity contribution < 1.29 is 0 Å². The average Bonchev–Trinajstić information content (AvgIpc) is 2.11. The fourth-order valence-corrected chi connectivity index (χ4v) is 6.82. The topological polar surface area (TPSA) is 15.3 Å². The van der Waals surface area contributed by atoms with E-state index in [1.165, 1.54) is 19.1 Å². The molecule has 0 saturated carbocycles. The molecule has 0 saturated heterocycles. The van der Waals surface area contributed by atoms with Crippen LogP contribution in [0.5, 0.6) is 0 Å². The normalized spacial score (nSPS) is 15.6. The molecule has 0 radical (unpaired) electrons. The Bertz CT molecular complexity index is 184. The van der Waals surface area contributed by atoms with Crippen molar-refractivity contribution in [1.82, 2.24) is 9.53 Å². The zero-order valence-corrected chi connectivity index (χ0v) is 14.1. The highest BCUT2D eigenvalue weighted by molar-refractivity contribution is 7.75. The van der Waals surface area contributed by atoms with E-state index in [0.29, 0.717) is 6.04 Å². The molecule has 0 aromatic rings. The zero-order chi connectivity index (χ0) is 12.8. The first-order chi connectivity index (χ1) is 7.33. The van der Waals surface area contributed by atoms with Crippen LogP contribution >= 0.6 is 16.3 Å². The third kappa shape index (κ3) is 6.50. The van der Waals surface area contributed by atoms with Crippen molar-refractivity contribution in [3.63, 3.8) is 0 Å². The van der Waals surface area contributed by atoms with Gasteiger partial charge in [0.15, 0.2) is 0 Å². The summed E-state index contributed by atoms with van der Waals surface area (Å²) >= 11 is 0. The molecule has 98 valence electrons. The van der Waals surface area contributed by atoms with Gasteiger partial charge in [0.1, 0.15) is 7.56 Å². The van der Waals surface area contributed by atoms with Gasteiger partial charge in [-0.1, -0.05) is 20.8 Å². The van der Waals surface area contributed by atoms with E-state index in [1.807, 2.05) is 0 Å². The Kier molecular flexibility index (Phi) is 8.37. The van der Waals surface area contributed by atoms with Gasteiger partial charge in [0, 0.05) is 12.6 Å². The van der Waals surface area contributed by atoms with Crippen LogP contribution < -0.4 is 5.09 Å². The van der Waals surface area contributed by atoms with Crippen LogP contribution in [0.15, 0.2) is 0 Å². The summed E-state index contributed by atoms with van der Waals surface area (Å²) in [5.41, 5.74) is 0. The van der Waals surface area contributed by atoms with Gasteiger partial charge in [-0.2, -0.15) is 5.09 Å². The number of nitrogens with one attached hydrogen (secondary N) is 1. The van der Waals surface area contributed by atoms with Crippen molar-refractivity contribution >= 4 is 16.3 Å². The number of nitrogens with zero attached hydrogens (tertiary/aromatic N) is 1. The summed E-state index contributed by atoms with van der Waals surface area (Å²) in [5, 5.41) is 3.87. The molecule has 2 atom stereocenters. The highest BCUT2D eigenvalue weighted by Crippen LogP contribution is 2.56. The van der Waals surface area contributed by atoms with Crippen molar-refractivity contribution in [2.75, 3.05) is 26.0 Å². The van der Waals surface area contributed by atoms with E-state index < -0.39 is 7.56 Å². The number of hydrogen-bond donors (Lipinski definition) is 1. The molecule has 0 aliphatic heterocycles. The molecule has 1 unspecified atom stereocenters. The second-order valence-corrected chi connectivity index (χ2v) is 10.8. The van der Waals surface area contributed by atoms with E-state index in [0.717, 1.165) is 14.6 Å². The lowest BCUT2D eigenvalue weighted by Crippen LogP contribution is -2.33. The van der Waals surface area contributed by atoms with Gasteiger partial charge in [-0.3, -0.25) is 0 Å². The second kappa shape index (κ2) is 7.98. The van der Waals surface area contributed by atoms with Gasteiger partial charge in [0.2, 0.25) is 0 Å². The van der Waals surface area contributed by atoms with Crippen LogP contribution in [0.25, 0.3) is 0 Å². The summed E-state index contributed by atoms with van der Waals surface area (Å²) in [6.07, 6.45) is 2.55. The Balaban J connectivity index is 4.28. The Morgan fingerprint density at radius 3 is 2.12 bits per heavy atom. The van der Waals surface area contributed by atoms with E-state index in [9.17, 15) is 0 Å². The van der Waals surface area contributed by atoms with Crippen LogP contribution in [0.2, 0.25) is 0 Å². The molecular formula is C12H31N2P2+. The fraction of sp³-hybridized carbons (Fsp3) is 1.00. The van der Waals surface area contributed by atoms with Crippen molar-refractivity contribution in [2.45, 2.75) is 47.1 Å². The van der Waals surface area contributed by atoms with E-state index >= 15 is 0 Å². The molecule has 0 aromatic carbocycles. The predicted octanol–water partition coefficient (Wildman–Crippen LogP) is 4.05. The van der Waals surface area contributed by atoms with E-state index in [2.05, 4.69) is 57.5 Å². The van der Waals surface area contributed by atoms with Crippen LogP contribution in [0.3, 0.4) is 0 Å². The molecule has 0 amide bonds. The summed E-state index contributed by atoms with van der Waals surface area (Å²) in [6.45, 7) is 17.5. The summed E-state index contributed by atoms with van der Waals surface area (Å²) in [7, 11) is -0.113. The van der Waals surface area contributed by atoms with Crippen LogP contribution in [0.1, 0.15) is 41.0 Å². The molecule has 4 heteroatoms. The molecule has 16 heavy (non-hydrogen) atoms. The molecule has 0 spiro atoms. The monoisotopic (exact) mass is 265 g/mol. The first-order valence-corrected chi connectivity index (χ1v) is 10.3. The zero-order valence-electron chi connectivity index (χ0n) is 12.2. The summed E-state index contributed by atoms with van der Waals surface area (Å²) in [4.78, 5) is 0. The summed E-state index contributed by atoms with van der Waals surface area (Å²) in [5.74, 6) is 0.784. The Morgan fingerprint density at radius 2 is 1.75 bits per heavy atom. The van der Waals surface area contributed by atoms with Crippen molar-refractivity contribution in [3.8, 4) is 0 Å². The lowest BCUT2D eigenvalue weighted by molar-refractivity contribution is 0.492. The fourth-order valence-electron chi connectivity index (χ4n) is 2.19. The van der Waals surface area contributed by atoms with Gasteiger partial charge in [-0.15, -0.1) is 4.44 Å². The van der Waals surface area contributed by atoms with Crippen LogP contribution in [-0.4, -0.2) is 36.5 Å². The highest BCUT2D eigenvalue weighted by Gasteiger charge is 2.34. The standard InChI is InChI=1S/C12H31N2P2/c1-8-14(15-9-2)16(6,7)13-12(5)10-11(3)4/h11-13,15H,8-10H2,1-7H3/q+1/t12-/m1/s1. The van der Waals surface area contributed by atoms with Gasteiger partial charge >= 0.3 is 0 Å². The molecule has 0 bridgehead atoms. The lowest BCUT2D eigenvalue weighted by atomic mass is 10.1. The van der Waals surface area contributed by atoms with Crippen molar-refractivity contribution in [2.24, 2.45) is 5.92 Å². The average molecular weight is 265 g/mol. The van der Waals surface area contributed by atoms with Crippen LogP contribution in [-0.2, 0) is 0 Å². The minimum atomic E-state index is -1.09. The first kappa shape index (κ1) is 16.8. The second-order valence-electron chi connectivity index (χ2n) is 5.28. The SMILES string of the molecule is CCPN(CC)[P+](C)(C)N[C@H](C)CC(C)C. The number of rotatable bonds is 8. The molecular weight excluding hydrogens is 234 g/mol. The van der Waals surface area contributed by atoms with Crippen LogP contribution in [0.4, 0.5) is 0 Å². The Morgan fingerprint density at radius 1 is 1.19 bits per heavy atom. The minimum absolute atomic E-state index is 0.638. The van der Waals surface area contributed by atoms with Gasteiger partial charge in [-0.25, -0.2) is 0 Å². The summed E-state index contributed by atoms with van der Waals surface area (Å²) in [6, 6.07) is 0.638. The van der Waals surface area contributed by atoms with E-state index in [-0.39, 0.29) is 0 Å². The lowest BCUT2D eigenvalue weighted by Gasteiger charge is -2.32. The third-order valence-electron chi connectivity index (χ3n) is 2.60. The minimum Gasteiger partial charge on any atom is -0.174 e. The quantitative estimate of drug-likeness (QED) is 0.666. The van der Waals surface area contributed by atoms with Gasteiger partial charge < -0.3 is 0 Å². The maximum atomic E-state index is 3.87. The maximum Gasteiger partial charge on any atom is 0.147 e. The highest BCUT2D eigenvalue weighted by atomic mass is 31.2. The van der Waals surface area contributed by atoms with E-state index in [4.69, 9.17) is 0 Å². The molecule has 2 nitrogen and oxygen atoms in total. The molecule has 0 rings (SSSR count). The predicted molar refractivity (Wildman–Crippen MR) is 82.1 cm³/mol. The van der Waals surface area contributed by atoms with Gasteiger partial charge in [-0.05, 0) is 41.1 Å². The Hall–Kier alpha value is 0.780. The molecule has 0 heterocycles. The Labute approximate surface area is 105 Å². The first-order valence-electron chi connectivity index (χ1n) is 6.46. The largest absolute Gasteiger partial charge is 0.174 e. The molecule has 0 aromatic heterocycles.